The van der Waals surface area contributed by atoms with Gasteiger partial charge in [-0.2, -0.15) is 0 Å². The summed E-state index contributed by atoms with van der Waals surface area (Å²) in [6.45, 7) is 5.07. The number of aldehydes is 1. The number of hydrogen-bond acceptors (Lipinski definition) is 7. The van der Waals surface area contributed by atoms with E-state index < -0.39 is 17.0 Å². The van der Waals surface area contributed by atoms with Crippen LogP contribution in [0.25, 0.3) is 0 Å². The minimum Gasteiger partial charge on any atom is -0.389 e. The van der Waals surface area contributed by atoms with Crippen LogP contribution in [0.3, 0.4) is 0 Å². The van der Waals surface area contributed by atoms with Gasteiger partial charge in [0.15, 0.2) is 12.1 Å². The molecule has 42 heavy (non-hydrogen) atoms. The van der Waals surface area contributed by atoms with E-state index in [-0.39, 0.29) is 17.6 Å². The monoisotopic (exact) mass is 586 g/mol. The molecule has 2 heterocycles. The Balaban J connectivity index is 1.15. The van der Waals surface area contributed by atoms with Gasteiger partial charge in [-0.1, -0.05) is 12.5 Å². The molecular weight excluding hydrogens is 532 g/mol. The second-order valence-corrected chi connectivity index (χ2v) is 15.4. The van der Waals surface area contributed by atoms with E-state index in [0.29, 0.717) is 49.9 Å². The lowest BCUT2D eigenvalue weighted by Crippen LogP contribution is -2.56. The van der Waals surface area contributed by atoms with Gasteiger partial charge in [-0.3, -0.25) is 0 Å². The summed E-state index contributed by atoms with van der Waals surface area (Å²) in [6, 6.07) is 0. The van der Waals surface area contributed by atoms with Crippen LogP contribution in [0.2, 0.25) is 0 Å². The Labute approximate surface area is 252 Å². The Morgan fingerprint density at radius 3 is 2.48 bits per heavy atom. The van der Waals surface area contributed by atoms with Crippen LogP contribution in [0, 0.1) is 35.0 Å². The predicted molar refractivity (Wildman–Crippen MR) is 157 cm³/mol. The molecule has 7 aliphatic rings. The summed E-state index contributed by atoms with van der Waals surface area (Å²) < 4.78 is 24.1. The second-order valence-electron chi connectivity index (χ2n) is 15.4. The molecule has 2 saturated heterocycles. The molecule has 0 radical (unpaired) electrons. The maximum absolute atomic E-state index is 12.5. The number of rotatable bonds is 7. The highest BCUT2D eigenvalue weighted by Crippen LogP contribution is 2.68. The van der Waals surface area contributed by atoms with E-state index in [0.717, 1.165) is 109 Å². The van der Waals surface area contributed by atoms with Crippen LogP contribution in [0.15, 0.2) is 11.1 Å². The van der Waals surface area contributed by atoms with Gasteiger partial charge in [-0.15, -0.1) is 0 Å². The lowest BCUT2D eigenvalue weighted by molar-refractivity contribution is -0.209. The maximum Gasteiger partial charge on any atom is 0.171 e. The molecule has 4 saturated carbocycles. The molecule has 7 atom stereocenters. The minimum absolute atomic E-state index is 0.0781. The first-order valence-corrected chi connectivity index (χ1v) is 17.4. The van der Waals surface area contributed by atoms with E-state index in [9.17, 15) is 15.0 Å². The number of allylic oxidation sites excluding steroid dienone is 1. The summed E-state index contributed by atoms with van der Waals surface area (Å²) in [5.74, 6) is 1.31. The molecule has 1 spiro atoms. The first-order valence-electron chi connectivity index (χ1n) is 17.4. The van der Waals surface area contributed by atoms with Crippen LogP contribution in [-0.2, 0) is 23.7 Å². The summed E-state index contributed by atoms with van der Waals surface area (Å²) in [5.41, 5.74) is 1.14. The van der Waals surface area contributed by atoms with Crippen molar-refractivity contribution in [1.82, 2.24) is 0 Å². The summed E-state index contributed by atoms with van der Waals surface area (Å²) in [6.07, 6.45) is 16.9. The molecule has 3 unspecified atom stereocenters. The van der Waals surface area contributed by atoms with Crippen molar-refractivity contribution in [3.63, 3.8) is 0 Å². The van der Waals surface area contributed by atoms with Crippen LogP contribution in [-0.4, -0.2) is 66.2 Å². The number of hydrogen-bond donors (Lipinski definition) is 2. The third kappa shape index (κ3) is 5.06. The van der Waals surface area contributed by atoms with Crippen LogP contribution in [0.4, 0.5) is 0 Å². The van der Waals surface area contributed by atoms with E-state index in [1.807, 2.05) is 0 Å². The summed E-state index contributed by atoms with van der Waals surface area (Å²) in [4.78, 5) is 11.6. The van der Waals surface area contributed by atoms with Gasteiger partial charge >= 0.3 is 0 Å². The first-order chi connectivity index (χ1) is 20.3. The van der Waals surface area contributed by atoms with Crippen LogP contribution in [0.1, 0.15) is 116 Å². The number of aliphatic hydroxyl groups is 2. The van der Waals surface area contributed by atoms with Gasteiger partial charge in [0.05, 0.1) is 24.4 Å². The molecule has 0 aromatic rings. The van der Waals surface area contributed by atoms with Gasteiger partial charge in [0.1, 0.15) is 6.29 Å². The van der Waals surface area contributed by atoms with Crippen molar-refractivity contribution in [3.8, 4) is 0 Å². The quantitative estimate of drug-likeness (QED) is 0.220. The highest BCUT2D eigenvalue weighted by atomic mass is 16.7. The van der Waals surface area contributed by atoms with E-state index in [1.165, 1.54) is 12.0 Å². The third-order valence-corrected chi connectivity index (χ3v) is 13.3. The molecule has 2 N–H and O–H groups in total. The van der Waals surface area contributed by atoms with Gasteiger partial charge in [0.2, 0.25) is 0 Å². The standard InChI is InChI=1S/C35H54O7/c1-32-21-27(25-8-6-24(22-36)7-9-25)31-26(10-14-33(37)23-35(16-12-29(31)33)41-19-20-42-35)28(32)11-15-34(32,38)13-4-18-40-30-5-2-3-17-39-30/h22,24-28,30,37-38H,2-21,23H2,1H3/t24?,25?,26?,27-,28?,30?,32+,33-,34+/m1/s1. The lowest BCUT2D eigenvalue weighted by Gasteiger charge is -2.59. The van der Waals surface area contributed by atoms with Crippen molar-refractivity contribution in [2.45, 2.75) is 139 Å². The zero-order valence-corrected chi connectivity index (χ0v) is 25.8. The molecule has 236 valence electrons. The zero-order valence-electron chi connectivity index (χ0n) is 25.8. The fraction of sp³-hybridized carbons (Fsp3) is 0.914. The van der Waals surface area contributed by atoms with Gasteiger partial charge in [0.25, 0.3) is 0 Å². The van der Waals surface area contributed by atoms with Gasteiger partial charge in [-0.05, 0) is 126 Å². The molecule has 7 nitrogen and oxygen atoms in total. The molecule has 2 aliphatic heterocycles. The minimum atomic E-state index is -0.853. The highest BCUT2D eigenvalue weighted by molar-refractivity contribution is 5.53. The highest BCUT2D eigenvalue weighted by Gasteiger charge is 2.65. The molecule has 0 aromatic carbocycles. The molecule has 5 aliphatic carbocycles. The molecular formula is C35H54O7. The van der Waals surface area contributed by atoms with Crippen molar-refractivity contribution in [3.05, 3.63) is 11.1 Å². The molecule has 7 heteroatoms. The predicted octanol–water partition coefficient (Wildman–Crippen LogP) is 5.85. The number of carbonyl (C=O) groups is 1. The smallest absolute Gasteiger partial charge is 0.171 e. The first kappa shape index (κ1) is 29.9. The van der Waals surface area contributed by atoms with E-state index in [1.54, 1.807) is 5.57 Å². The third-order valence-electron chi connectivity index (χ3n) is 13.3. The average molecular weight is 587 g/mol. The van der Waals surface area contributed by atoms with Crippen LogP contribution in [0.5, 0.6) is 0 Å². The van der Waals surface area contributed by atoms with Crippen LogP contribution >= 0.6 is 0 Å². The molecule has 0 aromatic heterocycles. The molecule has 0 bridgehead atoms. The van der Waals surface area contributed by atoms with E-state index in [4.69, 9.17) is 18.9 Å². The van der Waals surface area contributed by atoms with E-state index in [2.05, 4.69) is 6.92 Å². The van der Waals surface area contributed by atoms with Crippen molar-refractivity contribution in [2.24, 2.45) is 35.0 Å². The summed E-state index contributed by atoms with van der Waals surface area (Å²) in [5, 5.41) is 24.7. The Hall–Kier alpha value is -0.830. The fourth-order valence-corrected chi connectivity index (χ4v) is 11.1. The van der Waals surface area contributed by atoms with Crippen molar-refractivity contribution in [1.29, 1.82) is 0 Å². The van der Waals surface area contributed by atoms with Crippen molar-refractivity contribution < 1.29 is 34.0 Å². The Bertz CT molecular complexity index is 1020. The Kier molecular flexibility index (Phi) is 8.18. The normalized spacial score (nSPS) is 46.7. The molecule has 6 fully saturated rings. The van der Waals surface area contributed by atoms with Crippen molar-refractivity contribution in [2.75, 3.05) is 26.4 Å². The van der Waals surface area contributed by atoms with Gasteiger partial charge < -0.3 is 34.0 Å². The number of fused-ring (bicyclic) bond motifs is 4. The second kappa shape index (κ2) is 11.5. The number of carbonyl (C=O) groups excluding carboxylic acids is 1. The topological polar surface area (TPSA) is 94.5 Å². The van der Waals surface area contributed by atoms with Crippen LogP contribution < -0.4 is 0 Å². The Morgan fingerprint density at radius 1 is 0.929 bits per heavy atom. The molecule has 7 rings (SSSR count). The SMILES string of the molecule is C[C@]12C[C@H](C3CCC(C=O)CC3)C3=C4CCC5(C[C@]4(O)CCC3C1CC[C@@]2(O)CCCOC1CCCCO1)OCCO5. The lowest BCUT2D eigenvalue weighted by atomic mass is 9.48. The van der Waals surface area contributed by atoms with Gasteiger partial charge in [0, 0.05) is 37.4 Å². The van der Waals surface area contributed by atoms with Gasteiger partial charge in [-0.25, -0.2) is 0 Å². The van der Waals surface area contributed by atoms with Crippen molar-refractivity contribution >= 4 is 6.29 Å². The number of ether oxygens (including phenoxy) is 4. The van der Waals surface area contributed by atoms with E-state index >= 15 is 0 Å². The largest absolute Gasteiger partial charge is 0.389 e. The summed E-state index contributed by atoms with van der Waals surface area (Å²) in [7, 11) is 0. The Morgan fingerprint density at radius 2 is 1.74 bits per heavy atom. The maximum atomic E-state index is 12.5. The molecule has 0 amide bonds. The average Bonchev–Trinajstić information content (AvgIpc) is 3.56. The fourth-order valence-electron chi connectivity index (χ4n) is 11.1. The summed E-state index contributed by atoms with van der Waals surface area (Å²) >= 11 is 0. The zero-order chi connectivity index (χ0) is 29.0.